The Morgan fingerprint density at radius 3 is 2.47 bits per heavy atom. The smallest absolute Gasteiger partial charge is 0.410 e. The number of allylic oxidation sites excluding steroid dienone is 1. The second-order valence-electron chi connectivity index (χ2n) is 8.57. The Kier molecular flexibility index (Phi) is 7.28. The maximum atomic E-state index is 12.1. The van der Waals surface area contributed by atoms with E-state index in [-0.39, 0.29) is 24.0 Å². The van der Waals surface area contributed by atoms with Crippen molar-refractivity contribution in [2.75, 3.05) is 13.1 Å². The Morgan fingerprint density at radius 2 is 1.91 bits per heavy atom. The number of aromatic nitrogens is 3. The Hall–Kier alpha value is -3.22. The van der Waals surface area contributed by atoms with Gasteiger partial charge in [0, 0.05) is 18.7 Å². The Labute approximate surface area is 189 Å². The highest BCUT2D eigenvalue weighted by atomic mass is 16.6. The van der Waals surface area contributed by atoms with Crippen LogP contribution < -0.4 is 0 Å². The fourth-order valence-electron chi connectivity index (χ4n) is 4.06. The molecular formula is C25H32N4O3. The minimum absolute atomic E-state index is 0.0571. The van der Waals surface area contributed by atoms with E-state index in [9.17, 15) is 9.59 Å². The number of ketones is 1. The lowest BCUT2D eigenvalue weighted by Crippen LogP contribution is -2.40. The molecule has 0 radical (unpaired) electrons. The molecule has 7 nitrogen and oxygen atoms in total. The molecule has 32 heavy (non-hydrogen) atoms. The molecule has 0 atom stereocenters. The Morgan fingerprint density at radius 1 is 1.22 bits per heavy atom. The summed E-state index contributed by atoms with van der Waals surface area (Å²) < 4.78 is 7.22. The maximum absolute atomic E-state index is 12.1. The molecule has 1 amide bonds. The number of ether oxygens (including phenoxy) is 1. The van der Waals surface area contributed by atoms with Crippen molar-refractivity contribution in [2.45, 2.75) is 59.6 Å². The third-order valence-corrected chi connectivity index (χ3v) is 5.77. The molecule has 1 fully saturated rings. The number of rotatable bonds is 6. The number of benzene rings is 1. The first-order chi connectivity index (χ1) is 15.2. The lowest BCUT2D eigenvalue weighted by molar-refractivity contribution is 0.0651. The summed E-state index contributed by atoms with van der Waals surface area (Å²) in [4.78, 5) is 25.5. The van der Waals surface area contributed by atoms with Gasteiger partial charge in [-0.25, -0.2) is 9.48 Å². The lowest BCUT2D eigenvalue weighted by atomic mass is 9.97. The standard InChI is InChI=1S/C25H32N4O3/c1-7-24-23(15-18(5)22-9-8-20(19(6)30)14-17(22)4)26-27-29(24)21-10-12-28(13-11-21)25(31)32-16(2)3/h7-9,14-16,21H,1,10-13H2,2-6H3/b18-15+. The van der Waals surface area contributed by atoms with Crippen LogP contribution in [0.15, 0.2) is 24.8 Å². The number of carbonyl (C=O) groups is 2. The SMILES string of the molecule is C=Cc1c(/C=C(\C)c2ccc(C(C)=O)cc2C)nnn1C1CCN(C(=O)OC(C)C)CC1. The van der Waals surface area contributed by atoms with Crippen LogP contribution in [0.1, 0.15) is 79.5 Å². The average Bonchev–Trinajstić information content (AvgIpc) is 3.15. The van der Waals surface area contributed by atoms with Crippen molar-refractivity contribution in [2.24, 2.45) is 0 Å². The molecule has 1 aliphatic heterocycles. The summed E-state index contributed by atoms with van der Waals surface area (Å²) in [6.07, 6.45) is 4.97. The molecule has 0 bridgehead atoms. The molecular weight excluding hydrogens is 404 g/mol. The molecule has 0 N–H and O–H groups in total. The first kappa shape index (κ1) is 23.4. The molecule has 170 valence electrons. The van der Waals surface area contributed by atoms with Crippen molar-refractivity contribution in [3.05, 3.63) is 52.9 Å². The molecule has 1 aromatic carbocycles. The van der Waals surface area contributed by atoms with Crippen LogP contribution in [-0.2, 0) is 4.74 Å². The highest BCUT2D eigenvalue weighted by molar-refractivity contribution is 5.95. The predicted molar refractivity (Wildman–Crippen MR) is 126 cm³/mol. The van der Waals surface area contributed by atoms with E-state index in [0.717, 1.165) is 40.9 Å². The number of hydrogen-bond donors (Lipinski definition) is 0. The Balaban J connectivity index is 1.78. The summed E-state index contributed by atoms with van der Waals surface area (Å²) in [7, 11) is 0. The van der Waals surface area contributed by atoms with Crippen LogP contribution in [0.4, 0.5) is 4.79 Å². The van der Waals surface area contributed by atoms with Crippen molar-refractivity contribution >= 4 is 29.6 Å². The number of amides is 1. The fraction of sp³-hybridized carbons (Fsp3) is 0.440. The van der Waals surface area contributed by atoms with E-state index < -0.39 is 0 Å². The first-order valence-corrected chi connectivity index (χ1v) is 11.0. The summed E-state index contributed by atoms with van der Waals surface area (Å²) in [5, 5.41) is 8.81. The number of piperidine rings is 1. The third-order valence-electron chi connectivity index (χ3n) is 5.77. The zero-order valence-electron chi connectivity index (χ0n) is 19.6. The maximum Gasteiger partial charge on any atom is 0.410 e. The van der Waals surface area contributed by atoms with Crippen LogP contribution in [0.2, 0.25) is 0 Å². The van der Waals surface area contributed by atoms with Gasteiger partial charge in [-0.3, -0.25) is 4.79 Å². The van der Waals surface area contributed by atoms with Gasteiger partial charge >= 0.3 is 6.09 Å². The minimum atomic E-state index is -0.258. The van der Waals surface area contributed by atoms with Gasteiger partial charge in [0.2, 0.25) is 0 Å². The fourth-order valence-corrected chi connectivity index (χ4v) is 4.06. The van der Waals surface area contributed by atoms with Gasteiger partial charge in [0.05, 0.1) is 17.8 Å². The van der Waals surface area contributed by atoms with Gasteiger partial charge in [0.15, 0.2) is 5.78 Å². The van der Waals surface area contributed by atoms with Crippen LogP contribution in [0.25, 0.3) is 17.7 Å². The number of Topliss-reactive ketones (excluding diaryl/α,β-unsaturated/α-hetero) is 1. The van der Waals surface area contributed by atoms with E-state index >= 15 is 0 Å². The molecule has 1 aliphatic rings. The predicted octanol–water partition coefficient (Wildman–Crippen LogP) is 5.17. The van der Waals surface area contributed by atoms with Gasteiger partial charge in [0.25, 0.3) is 0 Å². The van der Waals surface area contributed by atoms with Crippen molar-refractivity contribution in [1.82, 2.24) is 19.9 Å². The molecule has 0 saturated carbocycles. The quantitative estimate of drug-likeness (QED) is 0.584. The summed E-state index contributed by atoms with van der Waals surface area (Å²) >= 11 is 0. The number of hydrogen-bond acceptors (Lipinski definition) is 5. The van der Waals surface area contributed by atoms with E-state index in [4.69, 9.17) is 4.74 Å². The largest absolute Gasteiger partial charge is 0.447 e. The topological polar surface area (TPSA) is 77.3 Å². The highest BCUT2D eigenvalue weighted by Crippen LogP contribution is 2.28. The van der Waals surface area contributed by atoms with Crippen molar-refractivity contribution < 1.29 is 14.3 Å². The van der Waals surface area contributed by atoms with Gasteiger partial charge in [-0.05, 0) is 82.4 Å². The number of aryl methyl sites for hydroxylation is 1. The molecule has 2 heterocycles. The summed E-state index contributed by atoms with van der Waals surface area (Å²) in [5.41, 5.74) is 5.48. The van der Waals surface area contributed by atoms with Gasteiger partial charge < -0.3 is 9.64 Å². The zero-order valence-corrected chi connectivity index (χ0v) is 19.6. The van der Waals surface area contributed by atoms with Gasteiger partial charge in [0.1, 0.15) is 5.69 Å². The van der Waals surface area contributed by atoms with Crippen LogP contribution in [-0.4, -0.2) is 51.0 Å². The second-order valence-corrected chi connectivity index (χ2v) is 8.57. The van der Waals surface area contributed by atoms with Crippen LogP contribution in [0.5, 0.6) is 0 Å². The monoisotopic (exact) mass is 436 g/mol. The Bertz CT molecular complexity index is 1040. The van der Waals surface area contributed by atoms with Gasteiger partial charge in [-0.15, -0.1) is 5.10 Å². The van der Waals surface area contributed by atoms with Gasteiger partial charge in [-0.2, -0.15) is 0 Å². The first-order valence-electron chi connectivity index (χ1n) is 11.0. The molecule has 7 heteroatoms. The molecule has 0 aliphatic carbocycles. The number of likely N-dealkylation sites (tertiary alicyclic amines) is 1. The molecule has 1 aromatic heterocycles. The van der Waals surface area contributed by atoms with E-state index in [0.29, 0.717) is 18.7 Å². The second kappa shape index (κ2) is 9.94. The van der Waals surface area contributed by atoms with Crippen molar-refractivity contribution in [3.63, 3.8) is 0 Å². The van der Waals surface area contributed by atoms with E-state index in [1.807, 2.05) is 56.7 Å². The number of carbonyl (C=O) groups excluding carboxylic acids is 2. The zero-order chi connectivity index (χ0) is 23.4. The van der Waals surface area contributed by atoms with Crippen LogP contribution in [0.3, 0.4) is 0 Å². The molecule has 3 rings (SSSR count). The highest BCUT2D eigenvalue weighted by Gasteiger charge is 2.27. The van der Waals surface area contributed by atoms with Crippen LogP contribution in [0, 0.1) is 6.92 Å². The summed E-state index contributed by atoms with van der Waals surface area (Å²) in [6, 6.07) is 5.89. The molecule has 1 saturated heterocycles. The molecule has 0 spiro atoms. The average molecular weight is 437 g/mol. The van der Waals surface area contributed by atoms with Crippen molar-refractivity contribution in [3.8, 4) is 0 Å². The van der Waals surface area contributed by atoms with Crippen molar-refractivity contribution in [1.29, 1.82) is 0 Å². The molecule has 0 unspecified atom stereocenters. The van der Waals surface area contributed by atoms with Gasteiger partial charge in [-0.1, -0.05) is 23.9 Å². The number of nitrogens with zero attached hydrogens (tertiary/aromatic N) is 4. The normalized spacial score (nSPS) is 15.2. The van der Waals surface area contributed by atoms with E-state index in [2.05, 4.69) is 16.9 Å². The third kappa shape index (κ3) is 5.15. The summed E-state index contributed by atoms with van der Waals surface area (Å²) in [5.74, 6) is 0.0571. The lowest BCUT2D eigenvalue weighted by Gasteiger charge is -2.32. The minimum Gasteiger partial charge on any atom is -0.447 e. The summed E-state index contributed by atoms with van der Waals surface area (Å²) in [6.45, 7) is 14.5. The van der Waals surface area contributed by atoms with E-state index in [1.54, 1.807) is 17.9 Å². The van der Waals surface area contributed by atoms with Crippen LogP contribution >= 0.6 is 0 Å². The molecule has 2 aromatic rings. The van der Waals surface area contributed by atoms with E-state index in [1.165, 1.54) is 0 Å².